The molecular formula is C46H29NO. The summed E-state index contributed by atoms with van der Waals surface area (Å²) in [5, 5.41) is 12.3. The van der Waals surface area contributed by atoms with Gasteiger partial charge in [-0.05, 0) is 79.2 Å². The van der Waals surface area contributed by atoms with Crippen molar-refractivity contribution in [2.75, 3.05) is 4.90 Å². The number of hydrogen-bond donors (Lipinski definition) is 0. The van der Waals surface area contributed by atoms with Gasteiger partial charge in [0.25, 0.3) is 0 Å². The molecule has 0 unspecified atom stereocenters. The van der Waals surface area contributed by atoms with Gasteiger partial charge < -0.3 is 9.32 Å². The molecule has 0 fully saturated rings. The molecule has 0 radical (unpaired) electrons. The molecule has 9 aromatic carbocycles. The molecule has 2 nitrogen and oxygen atoms in total. The largest absolute Gasteiger partial charge is 0.456 e. The summed E-state index contributed by atoms with van der Waals surface area (Å²) in [7, 11) is 0. The van der Waals surface area contributed by atoms with E-state index in [4.69, 9.17) is 4.42 Å². The molecule has 0 saturated heterocycles. The number of fused-ring (bicyclic) bond motifs is 10. The Hall–Kier alpha value is -6.38. The molecule has 2 heteroatoms. The van der Waals surface area contributed by atoms with Gasteiger partial charge in [0.1, 0.15) is 11.2 Å². The molecule has 10 aromatic rings. The van der Waals surface area contributed by atoms with Gasteiger partial charge in [-0.25, -0.2) is 0 Å². The quantitative estimate of drug-likeness (QED) is 0.184. The van der Waals surface area contributed by atoms with Crippen LogP contribution in [0.3, 0.4) is 0 Å². The van der Waals surface area contributed by atoms with Crippen LogP contribution < -0.4 is 4.90 Å². The maximum absolute atomic E-state index is 6.47. The van der Waals surface area contributed by atoms with Gasteiger partial charge in [0.15, 0.2) is 0 Å². The van der Waals surface area contributed by atoms with Crippen molar-refractivity contribution in [3.8, 4) is 11.1 Å². The van der Waals surface area contributed by atoms with Crippen LogP contribution in [0, 0.1) is 0 Å². The third kappa shape index (κ3) is 4.06. The second-order valence-electron chi connectivity index (χ2n) is 12.5. The van der Waals surface area contributed by atoms with Crippen molar-refractivity contribution in [2.24, 2.45) is 0 Å². The van der Waals surface area contributed by atoms with Crippen molar-refractivity contribution in [3.05, 3.63) is 176 Å². The Morgan fingerprint density at radius 2 is 0.979 bits per heavy atom. The van der Waals surface area contributed by atoms with Crippen LogP contribution in [0.1, 0.15) is 0 Å². The molecule has 0 bridgehead atoms. The van der Waals surface area contributed by atoms with Crippen molar-refractivity contribution in [3.63, 3.8) is 0 Å². The summed E-state index contributed by atoms with van der Waals surface area (Å²) in [6.07, 6.45) is 0. The number of anilines is 3. The van der Waals surface area contributed by atoms with E-state index in [1.54, 1.807) is 0 Å². The van der Waals surface area contributed by atoms with Gasteiger partial charge in [-0.1, -0.05) is 140 Å². The lowest BCUT2D eigenvalue weighted by molar-refractivity contribution is 0.669. The lowest BCUT2D eigenvalue weighted by Gasteiger charge is -2.27. The number of hydrogen-bond acceptors (Lipinski definition) is 2. The van der Waals surface area contributed by atoms with Gasteiger partial charge >= 0.3 is 0 Å². The molecule has 10 rings (SSSR count). The first-order valence-corrected chi connectivity index (χ1v) is 16.4. The summed E-state index contributed by atoms with van der Waals surface area (Å²) in [5.41, 5.74) is 7.47. The number of nitrogens with zero attached hydrogens (tertiary/aromatic N) is 1. The van der Waals surface area contributed by atoms with Crippen molar-refractivity contribution < 1.29 is 4.42 Å². The van der Waals surface area contributed by atoms with Crippen LogP contribution in [-0.2, 0) is 0 Å². The summed E-state index contributed by atoms with van der Waals surface area (Å²) in [6.45, 7) is 0. The first kappa shape index (κ1) is 26.8. The summed E-state index contributed by atoms with van der Waals surface area (Å²) >= 11 is 0. The van der Waals surface area contributed by atoms with Crippen LogP contribution in [-0.4, -0.2) is 0 Å². The first-order valence-electron chi connectivity index (χ1n) is 16.4. The zero-order valence-corrected chi connectivity index (χ0v) is 26.1. The molecule has 0 spiro atoms. The first-order chi connectivity index (χ1) is 23.8. The third-order valence-electron chi connectivity index (χ3n) is 9.82. The molecule has 1 heterocycles. The number of rotatable bonds is 4. The van der Waals surface area contributed by atoms with E-state index in [2.05, 4.69) is 175 Å². The Morgan fingerprint density at radius 1 is 0.354 bits per heavy atom. The highest BCUT2D eigenvalue weighted by Gasteiger charge is 2.20. The fourth-order valence-electron chi connectivity index (χ4n) is 7.67. The van der Waals surface area contributed by atoms with Gasteiger partial charge in [-0.3, -0.25) is 0 Å². The Kier molecular flexibility index (Phi) is 5.91. The molecule has 0 aliphatic rings. The summed E-state index contributed by atoms with van der Waals surface area (Å²) in [5.74, 6) is 0. The van der Waals surface area contributed by atoms with Gasteiger partial charge in [0, 0.05) is 33.6 Å². The van der Waals surface area contributed by atoms with E-state index in [1.807, 2.05) is 6.07 Å². The number of para-hydroxylation sites is 2. The number of benzene rings is 9. The molecular weight excluding hydrogens is 583 g/mol. The highest BCUT2D eigenvalue weighted by Crippen LogP contribution is 2.45. The van der Waals surface area contributed by atoms with Crippen LogP contribution in [0.25, 0.3) is 76.2 Å². The van der Waals surface area contributed by atoms with E-state index >= 15 is 0 Å². The fourth-order valence-corrected chi connectivity index (χ4v) is 7.67. The van der Waals surface area contributed by atoms with Gasteiger partial charge in [-0.2, -0.15) is 0 Å². The van der Waals surface area contributed by atoms with E-state index < -0.39 is 0 Å². The highest BCUT2D eigenvalue weighted by atomic mass is 16.3. The Labute approximate surface area is 277 Å². The minimum Gasteiger partial charge on any atom is -0.456 e. The summed E-state index contributed by atoms with van der Waals surface area (Å²) in [4.78, 5) is 2.35. The fraction of sp³-hybridized carbons (Fsp3) is 0. The maximum atomic E-state index is 6.47. The molecule has 224 valence electrons. The predicted octanol–water partition coefficient (Wildman–Crippen LogP) is 13.3. The SMILES string of the molecule is c1ccc(N(c2ccc(-c3cccc4c3ccc3ccc5ccccc5c34)cc2)c2cc3oc4ccccc4c3c3ccccc23)cc1. The van der Waals surface area contributed by atoms with Crippen LogP contribution in [0.5, 0.6) is 0 Å². The van der Waals surface area contributed by atoms with Crippen LogP contribution in [0.15, 0.2) is 180 Å². The average Bonchev–Trinajstić information content (AvgIpc) is 3.54. The van der Waals surface area contributed by atoms with Crippen LogP contribution in [0.2, 0.25) is 0 Å². The average molecular weight is 612 g/mol. The Bertz CT molecular complexity index is 2830. The standard InChI is InChI=1S/C46H29NO/c1-2-12-33(13-3-1)47(42-29-44-46(40-16-7-6-15-38(40)42)41-17-8-9-20-43(41)48-44)34-26-23-31(24-27-34)35-18-10-19-39-37(35)28-25-32-22-21-30-11-4-5-14-36(30)45(32)39/h1-29H. The molecule has 0 aliphatic heterocycles. The lowest BCUT2D eigenvalue weighted by atomic mass is 9.92. The Balaban J connectivity index is 1.16. The monoisotopic (exact) mass is 611 g/mol. The van der Waals surface area contributed by atoms with Crippen molar-refractivity contribution in [2.45, 2.75) is 0 Å². The Morgan fingerprint density at radius 3 is 1.83 bits per heavy atom. The molecule has 0 aliphatic carbocycles. The zero-order valence-electron chi connectivity index (χ0n) is 26.1. The van der Waals surface area contributed by atoms with Crippen LogP contribution in [0.4, 0.5) is 17.1 Å². The minimum absolute atomic E-state index is 0.887. The molecule has 1 aromatic heterocycles. The lowest BCUT2D eigenvalue weighted by Crippen LogP contribution is -2.10. The van der Waals surface area contributed by atoms with E-state index in [9.17, 15) is 0 Å². The highest BCUT2D eigenvalue weighted by molar-refractivity contribution is 6.23. The normalized spacial score (nSPS) is 11.8. The third-order valence-corrected chi connectivity index (χ3v) is 9.82. The van der Waals surface area contributed by atoms with Crippen molar-refractivity contribution in [1.29, 1.82) is 0 Å². The number of furan rings is 1. The van der Waals surface area contributed by atoms with Crippen molar-refractivity contribution >= 4 is 82.1 Å². The van der Waals surface area contributed by atoms with E-state index in [-0.39, 0.29) is 0 Å². The summed E-state index contributed by atoms with van der Waals surface area (Å²) < 4.78 is 6.47. The molecule has 0 amide bonds. The van der Waals surface area contributed by atoms with Gasteiger partial charge in [0.05, 0.1) is 5.69 Å². The minimum atomic E-state index is 0.887. The molecule has 0 N–H and O–H groups in total. The molecule has 0 atom stereocenters. The van der Waals surface area contributed by atoms with E-state index in [0.29, 0.717) is 0 Å². The second-order valence-corrected chi connectivity index (χ2v) is 12.5. The van der Waals surface area contributed by atoms with Crippen LogP contribution >= 0.6 is 0 Å². The smallest absolute Gasteiger partial charge is 0.138 e. The maximum Gasteiger partial charge on any atom is 0.138 e. The van der Waals surface area contributed by atoms with Gasteiger partial charge in [-0.15, -0.1) is 0 Å². The second kappa shape index (κ2) is 10.6. The van der Waals surface area contributed by atoms with E-state index in [0.717, 1.165) is 39.0 Å². The molecule has 48 heavy (non-hydrogen) atoms. The predicted molar refractivity (Wildman–Crippen MR) is 204 cm³/mol. The summed E-state index contributed by atoms with van der Waals surface area (Å²) in [6, 6.07) is 63.2. The topological polar surface area (TPSA) is 16.4 Å². The van der Waals surface area contributed by atoms with Gasteiger partial charge in [0.2, 0.25) is 0 Å². The van der Waals surface area contributed by atoms with Crippen molar-refractivity contribution in [1.82, 2.24) is 0 Å². The van der Waals surface area contributed by atoms with E-state index in [1.165, 1.54) is 54.2 Å². The zero-order chi connectivity index (χ0) is 31.6. The molecule has 0 saturated carbocycles.